The van der Waals surface area contributed by atoms with Crippen molar-refractivity contribution < 1.29 is 9.47 Å². The fourth-order valence-electron chi connectivity index (χ4n) is 2.38. The van der Waals surface area contributed by atoms with E-state index in [1.165, 1.54) is 0 Å². The Morgan fingerprint density at radius 3 is 2.84 bits per heavy atom. The van der Waals surface area contributed by atoms with Gasteiger partial charge >= 0.3 is 6.01 Å². The van der Waals surface area contributed by atoms with Gasteiger partial charge in [0.15, 0.2) is 17.0 Å². The van der Waals surface area contributed by atoms with Gasteiger partial charge in [-0.05, 0) is 40.0 Å². The van der Waals surface area contributed by atoms with Crippen molar-refractivity contribution in [3.63, 3.8) is 0 Å². The lowest BCUT2D eigenvalue weighted by molar-refractivity contribution is 0.286. The van der Waals surface area contributed by atoms with Gasteiger partial charge in [0.25, 0.3) is 6.01 Å². The molecule has 3 aromatic heterocycles. The second kappa shape index (κ2) is 7.64. The van der Waals surface area contributed by atoms with Crippen molar-refractivity contribution in [2.24, 2.45) is 0 Å². The molecule has 0 aliphatic heterocycles. The molecule has 0 bridgehead atoms. The lowest BCUT2D eigenvalue weighted by atomic mass is 10.3. The highest BCUT2D eigenvalue weighted by Gasteiger charge is 2.18. The van der Waals surface area contributed by atoms with E-state index in [4.69, 9.17) is 15.2 Å². The van der Waals surface area contributed by atoms with Crippen molar-refractivity contribution in [3.8, 4) is 12.0 Å². The number of rotatable bonds is 7. The molecule has 8 nitrogen and oxygen atoms in total. The first kappa shape index (κ1) is 17.4. The van der Waals surface area contributed by atoms with E-state index in [-0.39, 0.29) is 11.8 Å². The van der Waals surface area contributed by atoms with Gasteiger partial charge in [0.05, 0.1) is 20.3 Å². The van der Waals surface area contributed by atoms with E-state index in [9.17, 15) is 0 Å². The second-order valence-electron chi connectivity index (χ2n) is 5.44. The van der Waals surface area contributed by atoms with E-state index in [0.717, 1.165) is 23.0 Å². The Morgan fingerprint density at radius 1 is 1.28 bits per heavy atom. The van der Waals surface area contributed by atoms with Crippen LogP contribution in [0.4, 0.5) is 5.82 Å². The first-order chi connectivity index (χ1) is 12.1. The molecule has 3 rings (SSSR count). The molecule has 9 heteroatoms. The van der Waals surface area contributed by atoms with Gasteiger partial charge in [0, 0.05) is 6.20 Å². The molecule has 0 aliphatic rings. The van der Waals surface area contributed by atoms with Gasteiger partial charge in [-0.2, -0.15) is 15.0 Å². The van der Waals surface area contributed by atoms with E-state index in [2.05, 4.69) is 42.8 Å². The summed E-state index contributed by atoms with van der Waals surface area (Å²) in [4.78, 5) is 17.2. The lowest BCUT2D eigenvalue weighted by Gasteiger charge is -2.09. The quantitative estimate of drug-likeness (QED) is 0.475. The number of hydrogen-bond acceptors (Lipinski definition) is 7. The molecule has 0 fully saturated rings. The highest BCUT2D eigenvalue weighted by atomic mass is 79.9. The number of pyridine rings is 1. The van der Waals surface area contributed by atoms with E-state index in [1.807, 2.05) is 16.7 Å². The number of unbranched alkanes of at least 4 members (excludes halogenated alkanes) is 1. The van der Waals surface area contributed by atoms with Crippen LogP contribution in [0.2, 0.25) is 0 Å². The molecule has 2 N–H and O–H groups in total. The van der Waals surface area contributed by atoms with Crippen molar-refractivity contribution in [1.82, 2.24) is 24.5 Å². The zero-order valence-electron chi connectivity index (χ0n) is 14.1. The van der Waals surface area contributed by atoms with Crippen LogP contribution >= 0.6 is 15.9 Å². The van der Waals surface area contributed by atoms with E-state index < -0.39 is 0 Å². The molecule has 25 heavy (non-hydrogen) atoms. The third-order valence-corrected chi connectivity index (χ3v) is 4.04. The topological polar surface area (TPSA) is 101 Å². The number of aromatic nitrogens is 5. The number of methoxy groups -OCH3 is 1. The number of nitrogens with two attached hydrogens (primary N) is 1. The molecule has 0 radical (unpaired) electrons. The number of fused-ring (bicyclic) bond motifs is 1. The largest absolute Gasteiger partial charge is 0.468 e. The summed E-state index contributed by atoms with van der Waals surface area (Å²) in [5.41, 5.74) is 8.12. The number of nitrogens with zero attached hydrogens (tertiary/aromatic N) is 5. The molecule has 0 aromatic carbocycles. The fourth-order valence-corrected chi connectivity index (χ4v) is 2.79. The maximum absolute atomic E-state index is 6.04. The molecule has 3 aromatic rings. The predicted molar refractivity (Wildman–Crippen MR) is 97.7 cm³/mol. The minimum atomic E-state index is 0.248. The van der Waals surface area contributed by atoms with Crippen LogP contribution in [-0.4, -0.2) is 38.2 Å². The highest BCUT2D eigenvalue weighted by molar-refractivity contribution is 9.10. The standard InChI is InChI=1S/C16H19BrN6O2/c1-3-4-7-25-15-21-13(18)12-14(22-15)23(16(20-12)24-2)9-10-5-6-19-11(17)8-10/h5-6,8H,3-4,7,9H2,1-2H3,(H2,18,21,22). The van der Waals surface area contributed by atoms with Crippen LogP contribution in [0.1, 0.15) is 25.3 Å². The molecule has 0 saturated heterocycles. The smallest absolute Gasteiger partial charge is 0.320 e. The summed E-state index contributed by atoms with van der Waals surface area (Å²) in [6.07, 6.45) is 3.68. The Kier molecular flexibility index (Phi) is 5.32. The molecular formula is C16H19BrN6O2. The molecule has 3 heterocycles. The van der Waals surface area contributed by atoms with Gasteiger partial charge in [-0.25, -0.2) is 4.98 Å². The molecule has 0 aliphatic carbocycles. The molecule has 0 unspecified atom stereocenters. The summed E-state index contributed by atoms with van der Waals surface area (Å²) < 4.78 is 13.6. The minimum Gasteiger partial charge on any atom is -0.468 e. The van der Waals surface area contributed by atoms with Gasteiger partial charge in [-0.15, -0.1) is 0 Å². The van der Waals surface area contributed by atoms with Crippen LogP contribution in [0.3, 0.4) is 0 Å². The maximum Gasteiger partial charge on any atom is 0.320 e. The van der Waals surface area contributed by atoms with Crippen LogP contribution < -0.4 is 15.2 Å². The minimum absolute atomic E-state index is 0.248. The summed E-state index contributed by atoms with van der Waals surface area (Å²) in [5.74, 6) is 0.268. The van der Waals surface area contributed by atoms with Crippen LogP contribution in [-0.2, 0) is 6.54 Å². The Morgan fingerprint density at radius 2 is 2.12 bits per heavy atom. The Labute approximate surface area is 153 Å². The van der Waals surface area contributed by atoms with Crippen LogP contribution in [0.15, 0.2) is 22.9 Å². The monoisotopic (exact) mass is 406 g/mol. The van der Waals surface area contributed by atoms with E-state index >= 15 is 0 Å². The zero-order chi connectivity index (χ0) is 17.8. The number of anilines is 1. The average molecular weight is 407 g/mol. The first-order valence-electron chi connectivity index (χ1n) is 7.93. The summed E-state index contributed by atoms with van der Waals surface area (Å²) in [5, 5.41) is 0. The molecule has 132 valence electrons. The fraction of sp³-hybridized carbons (Fsp3) is 0.375. The third kappa shape index (κ3) is 3.81. The van der Waals surface area contributed by atoms with Crippen LogP contribution in [0.5, 0.6) is 12.0 Å². The summed E-state index contributed by atoms with van der Waals surface area (Å²) in [6.45, 7) is 3.14. The van der Waals surface area contributed by atoms with Crippen LogP contribution in [0, 0.1) is 0 Å². The number of imidazole rings is 1. The van der Waals surface area contributed by atoms with Crippen LogP contribution in [0.25, 0.3) is 11.2 Å². The lowest BCUT2D eigenvalue weighted by Crippen LogP contribution is -2.07. The Hall–Kier alpha value is -2.42. The Balaban J connectivity index is 2.02. The zero-order valence-corrected chi connectivity index (χ0v) is 15.7. The average Bonchev–Trinajstić information content (AvgIpc) is 2.94. The normalized spacial score (nSPS) is 11.0. The van der Waals surface area contributed by atoms with Crippen molar-refractivity contribution in [1.29, 1.82) is 0 Å². The van der Waals surface area contributed by atoms with E-state index in [0.29, 0.717) is 30.3 Å². The second-order valence-corrected chi connectivity index (χ2v) is 6.25. The highest BCUT2D eigenvalue weighted by Crippen LogP contribution is 2.26. The summed E-state index contributed by atoms with van der Waals surface area (Å²) in [6, 6.07) is 4.50. The van der Waals surface area contributed by atoms with Gasteiger partial charge in [-0.3, -0.25) is 4.57 Å². The molecule has 0 atom stereocenters. The summed E-state index contributed by atoms with van der Waals surface area (Å²) in [7, 11) is 1.56. The van der Waals surface area contributed by atoms with Crippen molar-refractivity contribution in [3.05, 3.63) is 28.5 Å². The number of halogens is 1. The van der Waals surface area contributed by atoms with Gasteiger partial charge in [0.1, 0.15) is 4.60 Å². The SMILES string of the molecule is CCCCOc1nc(N)c2nc(OC)n(Cc3ccnc(Br)c3)c2n1. The summed E-state index contributed by atoms with van der Waals surface area (Å²) >= 11 is 3.38. The third-order valence-electron chi connectivity index (χ3n) is 3.61. The van der Waals surface area contributed by atoms with Gasteiger partial charge in [-0.1, -0.05) is 13.3 Å². The predicted octanol–water partition coefficient (Wildman–Crippen LogP) is 2.80. The van der Waals surface area contributed by atoms with Crippen molar-refractivity contribution in [2.45, 2.75) is 26.3 Å². The molecular weight excluding hydrogens is 388 g/mol. The van der Waals surface area contributed by atoms with E-state index in [1.54, 1.807) is 13.3 Å². The molecule has 0 saturated carbocycles. The van der Waals surface area contributed by atoms with Gasteiger partial charge in [0.2, 0.25) is 0 Å². The Bertz CT molecular complexity index is 882. The maximum atomic E-state index is 6.04. The number of hydrogen-bond donors (Lipinski definition) is 1. The molecule has 0 spiro atoms. The van der Waals surface area contributed by atoms with Gasteiger partial charge < -0.3 is 15.2 Å². The number of nitrogen functional groups attached to an aromatic ring is 1. The molecule has 0 amide bonds. The van der Waals surface area contributed by atoms with Crippen molar-refractivity contribution >= 4 is 32.9 Å². The van der Waals surface area contributed by atoms with Crippen molar-refractivity contribution in [2.75, 3.05) is 19.5 Å². The number of ether oxygens (including phenoxy) is 2. The first-order valence-corrected chi connectivity index (χ1v) is 8.72.